The molecule has 6 heteroatoms. The van der Waals surface area contributed by atoms with Gasteiger partial charge in [-0.3, -0.25) is 4.79 Å². The van der Waals surface area contributed by atoms with Gasteiger partial charge in [0, 0.05) is 34.2 Å². The van der Waals surface area contributed by atoms with E-state index in [1.165, 1.54) is 36.0 Å². The Morgan fingerprint density at radius 2 is 1.95 bits per heavy atom. The third-order valence-electron chi connectivity index (χ3n) is 2.93. The van der Waals surface area contributed by atoms with E-state index in [2.05, 4.69) is 5.32 Å². The maximum absolute atomic E-state index is 13.5. The Bertz CT molecular complexity index is 646. The van der Waals surface area contributed by atoms with Gasteiger partial charge < -0.3 is 5.32 Å². The van der Waals surface area contributed by atoms with Crippen LogP contribution in [0.25, 0.3) is 0 Å². The standard InChI is InChI=1S/C16H14ClF2NOS/c17-14-5-2-6-15(19)13(14)10-22-8-7-20-16(21)11-3-1-4-12(18)9-11/h1-6,9H,7-8,10H2,(H,20,21). The second-order valence-electron chi connectivity index (χ2n) is 4.52. The maximum Gasteiger partial charge on any atom is 0.251 e. The second-order valence-corrected chi connectivity index (χ2v) is 6.03. The minimum atomic E-state index is -0.448. The van der Waals surface area contributed by atoms with Crippen molar-refractivity contribution in [3.05, 3.63) is 70.2 Å². The van der Waals surface area contributed by atoms with Gasteiger partial charge in [-0.2, -0.15) is 11.8 Å². The van der Waals surface area contributed by atoms with E-state index in [4.69, 9.17) is 11.6 Å². The summed E-state index contributed by atoms with van der Waals surface area (Å²) >= 11 is 7.39. The Morgan fingerprint density at radius 3 is 2.68 bits per heavy atom. The summed E-state index contributed by atoms with van der Waals surface area (Å²) in [6.45, 7) is 0.409. The summed E-state index contributed by atoms with van der Waals surface area (Å²) in [5, 5.41) is 3.09. The van der Waals surface area contributed by atoms with E-state index in [9.17, 15) is 13.6 Å². The third-order valence-corrected chi connectivity index (χ3v) is 4.27. The Morgan fingerprint density at radius 1 is 1.18 bits per heavy atom. The van der Waals surface area contributed by atoms with Crippen molar-refractivity contribution >= 4 is 29.3 Å². The fraction of sp³-hybridized carbons (Fsp3) is 0.188. The first kappa shape index (κ1) is 16.8. The quantitative estimate of drug-likeness (QED) is 0.794. The van der Waals surface area contributed by atoms with Gasteiger partial charge in [-0.25, -0.2) is 8.78 Å². The molecule has 0 unspecified atom stereocenters. The van der Waals surface area contributed by atoms with Crippen LogP contribution in [0.1, 0.15) is 15.9 Å². The highest BCUT2D eigenvalue weighted by atomic mass is 35.5. The largest absolute Gasteiger partial charge is 0.351 e. The predicted molar refractivity (Wildman–Crippen MR) is 86.3 cm³/mol. The molecule has 0 heterocycles. The molecule has 0 aromatic heterocycles. The molecule has 2 rings (SSSR count). The first-order valence-corrected chi connectivity index (χ1v) is 8.15. The lowest BCUT2D eigenvalue weighted by Crippen LogP contribution is -2.25. The van der Waals surface area contributed by atoms with Crippen molar-refractivity contribution in [1.82, 2.24) is 5.32 Å². The van der Waals surface area contributed by atoms with Crippen LogP contribution in [-0.4, -0.2) is 18.2 Å². The van der Waals surface area contributed by atoms with Crippen LogP contribution in [-0.2, 0) is 5.75 Å². The molecule has 0 fully saturated rings. The van der Waals surface area contributed by atoms with E-state index in [0.29, 0.717) is 28.6 Å². The Hall–Kier alpha value is -1.59. The number of hydrogen-bond donors (Lipinski definition) is 1. The Balaban J connectivity index is 1.75. The summed E-state index contributed by atoms with van der Waals surface area (Å²) in [5.41, 5.74) is 0.743. The van der Waals surface area contributed by atoms with Crippen LogP contribution in [0.4, 0.5) is 8.78 Å². The van der Waals surface area contributed by atoms with Crippen molar-refractivity contribution in [2.45, 2.75) is 5.75 Å². The molecule has 22 heavy (non-hydrogen) atoms. The topological polar surface area (TPSA) is 29.1 Å². The van der Waals surface area contributed by atoms with E-state index < -0.39 is 5.82 Å². The molecule has 0 spiro atoms. The maximum atomic E-state index is 13.5. The molecule has 0 saturated carbocycles. The van der Waals surface area contributed by atoms with Crippen LogP contribution in [0.2, 0.25) is 5.02 Å². The van der Waals surface area contributed by atoms with Crippen LogP contribution in [0.5, 0.6) is 0 Å². The Labute approximate surface area is 136 Å². The zero-order chi connectivity index (χ0) is 15.9. The van der Waals surface area contributed by atoms with E-state index in [0.717, 1.165) is 0 Å². The van der Waals surface area contributed by atoms with Gasteiger partial charge in [-0.15, -0.1) is 0 Å². The van der Waals surface area contributed by atoms with Gasteiger partial charge >= 0.3 is 0 Å². The molecule has 0 radical (unpaired) electrons. The molecule has 0 saturated heterocycles. The molecule has 2 nitrogen and oxygen atoms in total. The zero-order valence-corrected chi connectivity index (χ0v) is 13.2. The van der Waals surface area contributed by atoms with Gasteiger partial charge in [0.25, 0.3) is 5.91 Å². The lowest BCUT2D eigenvalue weighted by molar-refractivity contribution is 0.0955. The molecule has 0 aliphatic heterocycles. The number of rotatable bonds is 6. The average Bonchev–Trinajstić information content (AvgIpc) is 2.49. The first-order valence-electron chi connectivity index (χ1n) is 6.62. The molecule has 0 aliphatic rings. The fourth-order valence-electron chi connectivity index (χ4n) is 1.81. The number of hydrogen-bond acceptors (Lipinski definition) is 2. The highest BCUT2D eigenvalue weighted by Crippen LogP contribution is 2.23. The number of carbonyl (C=O) groups excluding carboxylic acids is 1. The van der Waals surface area contributed by atoms with Crippen molar-refractivity contribution in [2.24, 2.45) is 0 Å². The lowest BCUT2D eigenvalue weighted by atomic mass is 10.2. The summed E-state index contributed by atoms with van der Waals surface area (Å²) in [6, 6.07) is 10.1. The number of benzene rings is 2. The van der Waals surface area contributed by atoms with E-state index in [1.54, 1.807) is 18.2 Å². The molecule has 0 aliphatic carbocycles. The summed E-state index contributed by atoms with van der Waals surface area (Å²) in [6.07, 6.45) is 0. The van der Waals surface area contributed by atoms with Gasteiger partial charge in [0.1, 0.15) is 11.6 Å². The smallest absolute Gasteiger partial charge is 0.251 e. The van der Waals surface area contributed by atoms with Crippen molar-refractivity contribution in [2.75, 3.05) is 12.3 Å². The molecule has 2 aromatic rings. The van der Waals surface area contributed by atoms with Gasteiger partial charge in [-0.1, -0.05) is 23.7 Å². The van der Waals surface area contributed by atoms with Gasteiger partial charge in [0.05, 0.1) is 0 Å². The molecular weight excluding hydrogens is 328 g/mol. The monoisotopic (exact) mass is 341 g/mol. The molecular formula is C16H14ClF2NOS. The molecule has 1 amide bonds. The number of halogens is 3. The number of amides is 1. The van der Waals surface area contributed by atoms with Crippen molar-refractivity contribution in [3.8, 4) is 0 Å². The van der Waals surface area contributed by atoms with Crippen molar-refractivity contribution in [3.63, 3.8) is 0 Å². The average molecular weight is 342 g/mol. The normalized spacial score (nSPS) is 10.5. The van der Waals surface area contributed by atoms with E-state index in [1.807, 2.05) is 0 Å². The molecule has 2 aromatic carbocycles. The minimum Gasteiger partial charge on any atom is -0.351 e. The summed E-state index contributed by atoms with van der Waals surface area (Å²) in [4.78, 5) is 11.8. The number of thioether (sulfide) groups is 1. The van der Waals surface area contributed by atoms with Gasteiger partial charge in [0.15, 0.2) is 0 Å². The summed E-state index contributed by atoms with van der Waals surface area (Å²) in [7, 11) is 0. The summed E-state index contributed by atoms with van der Waals surface area (Å²) < 4.78 is 26.5. The zero-order valence-electron chi connectivity index (χ0n) is 11.6. The van der Waals surface area contributed by atoms with Crippen LogP contribution < -0.4 is 5.32 Å². The predicted octanol–water partition coefficient (Wildman–Crippen LogP) is 4.28. The molecule has 0 atom stereocenters. The highest BCUT2D eigenvalue weighted by molar-refractivity contribution is 7.98. The van der Waals surface area contributed by atoms with Crippen LogP contribution in [0.15, 0.2) is 42.5 Å². The first-order chi connectivity index (χ1) is 10.6. The van der Waals surface area contributed by atoms with Crippen LogP contribution in [0.3, 0.4) is 0 Å². The molecule has 116 valence electrons. The van der Waals surface area contributed by atoms with Crippen molar-refractivity contribution < 1.29 is 13.6 Å². The van der Waals surface area contributed by atoms with Crippen LogP contribution >= 0.6 is 23.4 Å². The summed E-state index contributed by atoms with van der Waals surface area (Å²) in [5.74, 6) is -0.0726. The van der Waals surface area contributed by atoms with E-state index >= 15 is 0 Å². The minimum absolute atomic E-state index is 0.280. The SMILES string of the molecule is O=C(NCCSCc1c(F)cccc1Cl)c1cccc(F)c1. The molecule has 1 N–H and O–H groups in total. The molecule has 0 bridgehead atoms. The Kier molecular flexibility index (Phi) is 6.21. The number of carbonyl (C=O) groups is 1. The lowest BCUT2D eigenvalue weighted by Gasteiger charge is -2.07. The van der Waals surface area contributed by atoms with Crippen LogP contribution in [0, 0.1) is 11.6 Å². The number of nitrogens with one attached hydrogen (secondary N) is 1. The van der Waals surface area contributed by atoms with Gasteiger partial charge in [0.2, 0.25) is 0 Å². The second kappa shape index (κ2) is 8.15. The van der Waals surface area contributed by atoms with Gasteiger partial charge in [-0.05, 0) is 30.3 Å². The fourth-order valence-corrected chi connectivity index (χ4v) is 3.01. The third kappa shape index (κ3) is 4.71. The van der Waals surface area contributed by atoms with Crippen molar-refractivity contribution in [1.29, 1.82) is 0 Å². The highest BCUT2D eigenvalue weighted by Gasteiger charge is 2.08. The van der Waals surface area contributed by atoms with E-state index in [-0.39, 0.29) is 17.3 Å².